The van der Waals surface area contributed by atoms with Gasteiger partial charge in [-0.3, -0.25) is 24.6 Å². The molecule has 7 nitrogen and oxygen atoms in total. The van der Waals surface area contributed by atoms with E-state index in [0.29, 0.717) is 18.5 Å². The molecule has 0 fully saturated rings. The number of para-hydroxylation sites is 1. The van der Waals surface area contributed by atoms with Gasteiger partial charge in [0.15, 0.2) is 0 Å². The van der Waals surface area contributed by atoms with Crippen molar-refractivity contribution in [2.24, 2.45) is 0 Å². The van der Waals surface area contributed by atoms with Gasteiger partial charge in [0.05, 0.1) is 19.5 Å². The van der Waals surface area contributed by atoms with E-state index in [2.05, 4.69) is 5.32 Å². The number of esters is 1. The number of nitrogens with one attached hydrogen (secondary N) is 1. The van der Waals surface area contributed by atoms with Crippen LogP contribution in [0.2, 0.25) is 0 Å². The summed E-state index contributed by atoms with van der Waals surface area (Å²) in [5.41, 5.74) is 1.37. The Balaban J connectivity index is 1.87. The molecular weight excluding hydrogens is 396 g/mol. The Morgan fingerprint density at radius 2 is 2.03 bits per heavy atom. The fraction of sp³-hybridized carbons (Fsp3) is 0.375. The van der Waals surface area contributed by atoms with Crippen molar-refractivity contribution < 1.29 is 31.1 Å². The highest BCUT2D eigenvalue weighted by atomic mass is 16.5. The minimum absolute atomic E-state index is 0.00246. The number of fused-ring (bicyclic) bond motifs is 1. The van der Waals surface area contributed by atoms with Crippen LogP contribution in [0.5, 0.6) is 0 Å². The van der Waals surface area contributed by atoms with Gasteiger partial charge in [0, 0.05) is 5.69 Å². The molecule has 0 aromatic heterocycles. The van der Waals surface area contributed by atoms with Crippen molar-refractivity contribution in [3.63, 3.8) is 0 Å². The molecule has 0 spiro atoms. The lowest BCUT2D eigenvalue weighted by atomic mass is 10.0. The SMILES string of the molecule is [2H]c1c([2H])c([2H])c(CC[C@@H](N[C@@H]2CCc3ccccc3N(CC(=O)O)C2=O)C(=O)OCC)c([2H])c1[2H]. The molecule has 3 rings (SSSR count). The van der Waals surface area contributed by atoms with Crippen molar-refractivity contribution in [2.45, 2.75) is 44.7 Å². The zero-order valence-electron chi connectivity index (χ0n) is 22.2. The van der Waals surface area contributed by atoms with Crippen LogP contribution in [0.15, 0.2) is 54.5 Å². The largest absolute Gasteiger partial charge is 0.480 e. The number of amides is 1. The van der Waals surface area contributed by atoms with Gasteiger partial charge in [-0.15, -0.1) is 0 Å². The van der Waals surface area contributed by atoms with Gasteiger partial charge in [-0.2, -0.15) is 0 Å². The molecule has 2 atom stereocenters. The number of benzene rings is 2. The first-order valence-corrected chi connectivity index (χ1v) is 10.2. The second-order valence-electron chi connectivity index (χ2n) is 7.15. The number of hydrogen-bond donors (Lipinski definition) is 2. The van der Waals surface area contributed by atoms with E-state index in [1.54, 1.807) is 25.1 Å². The number of carboxylic acids is 1. The number of anilines is 1. The van der Waals surface area contributed by atoms with Gasteiger partial charge in [0.2, 0.25) is 5.91 Å². The minimum Gasteiger partial charge on any atom is -0.480 e. The van der Waals surface area contributed by atoms with Crippen molar-refractivity contribution in [1.29, 1.82) is 0 Å². The van der Waals surface area contributed by atoms with E-state index >= 15 is 0 Å². The maximum Gasteiger partial charge on any atom is 0.323 e. The second-order valence-corrected chi connectivity index (χ2v) is 7.15. The number of carboxylic acid groups (broad SMARTS) is 1. The Morgan fingerprint density at radius 3 is 2.74 bits per heavy atom. The van der Waals surface area contributed by atoms with E-state index in [1.807, 2.05) is 6.07 Å². The molecule has 2 N–H and O–H groups in total. The second kappa shape index (κ2) is 10.7. The molecular formula is C24H28N2O5. The predicted molar refractivity (Wildman–Crippen MR) is 117 cm³/mol. The summed E-state index contributed by atoms with van der Waals surface area (Å²) in [5.74, 6) is -2.33. The Morgan fingerprint density at radius 1 is 1.29 bits per heavy atom. The van der Waals surface area contributed by atoms with E-state index in [0.717, 1.165) is 5.56 Å². The third-order valence-corrected chi connectivity index (χ3v) is 5.05. The van der Waals surface area contributed by atoms with Gasteiger partial charge in [-0.25, -0.2) is 0 Å². The molecule has 0 saturated carbocycles. The lowest BCUT2D eigenvalue weighted by molar-refractivity contribution is -0.146. The van der Waals surface area contributed by atoms with E-state index in [1.165, 1.54) is 4.90 Å². The number of rotatable bonds is 9. The predicted octanol–water partition coefficient (Wildman–Crippen LogP) is 2.57. The van der Waals surface area contributed by atoms with E-state index in [9.17, 15) is 19.5 Å². The average molecular weight is 430 g/mol. The lowest BCUT2D eigenvalue weighted by Gasteiger charge is -2.27. The Kier molecular flexibility index (Phi) is 5.71. The van der Waals surface area contributed by atoms with Crippen LogP contribution in [0.4, 0.5) is 5.69 Å². The third kappa shape index (κ3) is 5.92. The molecule has 2 aromatic rings. The monoisotopic (exact) mass is 429 g/mol. The van der Waals surface area contributed by atoms with Crippen LogP contribution in [0, 0.1) is 0 Å². The van der Waals surface area contributed by atoms with E-state index in [-0.39, 0.29) is 37.1 Å². The molecule has 2 aromatic carbocycles. The first kappa shape index (κ1) is 16.5. The highest BCUT2D eigenvalue weighted by molar-refractivity contribution is 6.02. The number of carbonyl (C=O) groups excluding carboxylic acids is 2. The normalized spacial score (nSPS) is 19.1. The van der Waals surface area contributed by atoms with Gasteiger partial charge in [-0.05, 0) is 49.8 Å². The number of nitrogens with zero attached hydrogens (tertiary/aromatic N) is 1. The first-order chi connectivity index (χ1) is 17.1. The van der Waals surface area contributed by atoms with Gasteiger partial charge in [0.1, 0.15) is 12.6 Å². The number of hydrogen-bond acceptors (Lipinski definition) is 5. The van der Waals surface area contributed by atoms with Crippen molar-refractivity contribution in [1.82, 2.24) is 5.32 Å². The summed E-state index contributed by atoms with van der Waals surface area (Å²) in [6.07, 6.45) is 0.736. The summed E-state index contributed by atoms with van der Waals surface area (Å²) in [5, 5.41) is 12.4. The highest BCUT2D eigenvalue weighted by Gasteiger charge is 2.34. The van der Waals surface area contributed by atoms with Gasteiger partial charge < -0.3 is 9.84 Å². The fourth-order valence-corrected chi connectivity index (χ4v) is 3.61. The van der Waals surface area contributed by atoms with Crippen molar-refractivity contribution in [3.8, 4) is 0 Å². The van der Waals surface area contributed by atoms with Crippen molar-refractivity contribution in [3.05, 3.63) is 65.6 Å². The lowest BCUT2D eigenvalue weighted by Crippen LogP contribution is -2.53. The molecule has 0 saturated heterocycles. The van der Waals surface area contributed by atoms with Gasteiger partial charge in [0.25, 0.3) is 0 Å². The molecule has 1 aliphatic rings. The molecule has 0 aliphatic carbocycles. The summed E-state index contributed by atoms with van der Waals surface area (Å²) in [7, 11) is 0. The summed E-state index contributed by atoms with van der Waals surface area (Å²) in [6, 6.07) is 2.97. The maximum atomic E-state index is 13.4. The highest BCUT2D eigenvalue weighted by Crippen LogP contribution is 2.27. The molecule has 1 amide bonds. The van der Waals surface area contributed by atoms with Crippen LogP contribution in [-0.4, -0.2) is 48.2 Å². The third-order valence-electron chi connectivity index (χ3n) is 5.05. The summed E-state index contributed by atoms with van der Waals surface area (Å²) in [4.78, 5) is 38.8. The zero-order chi connectivity index (χ0) is 26.6. The maximum absolute atomic E-state index is 13.4. The summed E-state index contributed by atoms with van der Waals surface area (Å²) < 4.78 is 44.9. The molecule has 1 aliphatic heterocycles. The topological polar surface area (TPSA) is 95.9 Å². The molecule has 0 unspecified atom stereocenters. The summed E-state index contributed by atoms with van der Waals surface area (Å²) >= 11 is 0. The quantitative estimate of drug-likeness (QED) is 0.595. The molecule has 7 heteroatoms. The smallest absolute Gasteiger partial charge is 0.323 e. The standard InChI is InChI=1S/C24H28N2O5/c1-2-31-24(30)20(14-12-17-8-4-3-5-9-17)25-19-15-13-18-10-6-7-11-21(18)26(23(19)29)16-22(27)28/h3-11,19-20,25H,2,12-16H2,1H3,(H,27,28)/t19-,20-/m1/s1/i3D,4D,5D,8D,9D. The molecule has 0 radical (unpaired) electrons. The van der Waals surface area contributed by atoms with Gasteiger partial charge >= 0.3 is 11.9 Å². The number of ether oxygens (including phenoxy) is 1. The van der Waals surface area contributed by atoms with E-state index < -0.39 is 54.6 Å². The molecule has 31 heavy (non-hydrogen) atoms. The molecule has 164 valence electrons. The van der Waals surface area contributed by atoms with Crippen LogP contribution in [0.1, 0.15) is 37.7 Å². The average Bonchev–Trinajstić information content (AvgIpc) is 2.97. The minimum atomic E-state index is -1.18. The van der Waals surface area contributed by atoms with E-state index in [4.69, 9.17) is 11.6 Å². The van der Waals surface area contributed by atoms with Crippen LogP contribution in [-0.2, 0) is 32.0 Å². The number of carbonyl (C=O) groups is 3. The Bertz CT molecular complexity index is 1150. The van der Waals surface area contributed by atoms with Crippen molar-refractivity contribution >= 4 is 23.5 Å². The summed E-state index contributed by atoms with van der Waals surface area (Å²) in [6.45, 7) is 1.17. The fourth-order valence-electron chi connectivity index (χ4n) is 3.61. The number of aryl methyl sites for hydroxylation is 1. The number of aliphatic carboxylic acids is 1. The Labute approximate surface area is 189 Å². The first-order valence-electron chi connectivity index (χ1n) is 12.7. The van der Waals surface area contributed by atoms with Crippen LogP contribution in [0.3, 0.4) is 0 Å². The molecule has 1 heterocycles. The van der Waals surface area contributed by atoms with Crippen molar-refractivity contribution in [2.75, 3.05) is 18.1 Å². The molecule has 0 bridgehead atoms. The van der Waals surface area contributed by atoms with Gasteiger partial charge in [-0.1, -0.05) is 48.4 Å². The van der Waals surface area contributed by atoms with Crippen LogP contribution >= 0.6 is 0 Å². The zero-order valence-corrected chi connectivity index (χ0v) is 17.2. The Hall–Kier alpha value is -3.19. The van der Waals surface area contributed by atoms with Crippen LogP contribution in [0.25, 0.3) is 0 Å². The van der Waals surface area contributed by atoms with Crippen LogP contribution < -0.4 is 10.2 Å².